The molecule has 0 radical (unpaired) electrons. The Balaban J connectivity index is 1.41. The largest absolute Gasteiger partial charge is 0.394 e. The zero-order valence-corrected chi connectivity index (χ0v) is 33.2. The number of amides is 2. The molecular weight excluding hydrogens is 852 g/mol. The van der Waals surface area contributed by atoms with E-state index in [0.717, 1.165) is 13.8 Å². The number of aliphatic hydroxyl groups excluding tert-OH is 15. The molecule has 28 heteroatoms. The Morgan fingerprint density at radius 2 is 0.823 bits per heavy atom. The van der Waals surface area contributed by atoms with Crippen LogP contribution in [0.15, 0.2) is 0 Å². The Morgan fingerprint density at radius 1 is 0.419 bits per heavy atom. The Hall–Kier alpha value is -2.02. The number of carbonyl (C=O) groups is 2. The van der Waals surface area contributed by atoms with Crippen molar-refractivity contribution in [3.63, 3.8) is 0 Å². The van der Waals surface area contributed by atoms with Gasteiger partial charge >= 0.3 is 0 Å². The third-order valence-electron chi connectivity index (χ3n) is 11.1. The Kier molecular flexibility index (Phi) is 18.1. The monoisotopic (exact) mass is 910 g/mol. The second-order valence-electron chi connectivity index (χ2n) is 15.5. The lowest BCUT2D eigenvalue weighted by atomic mass is 9.94. The number of rotatable bonds is 15. The van der Waals surface area contributed by atoms with Crippen LogP contribution in [0.3, 0.4) is 0 Å². The maximum Gasteiger partial charge on any atom is 0.217 e. The summed E-state index contributed by atoms with van der Waals surface area (Å²) in [5, 5.41) is 163. The molecule has 0 aromatic heterocycles. The molecule has 0 spiro atoms. The fraction of sp³-hybridized carbons (Fsp3) is 0.941. The van der Waals surface area contributed by atoms with E-state index >= 15 is 0 Å². The first kappa shape index (κ1) is 51.0. The number of hydrogen-bond acceptors (Lipinski definition) is 26. The van der Waals surface area contributed by atoms with Crippen molar-refractivity contribution in [1.29, 1.82) is 0 Å². The van der Waals surface area contributed by atoms with Crippen molar-refractivity contribution in [2.24, 2.45) is 0 Å². The molecule has 0 aliphatic carbocycles. The molecular formula is C34H58N2O26. The van der Waals surface area contributed by atoms with E-state index in [1.807, 2.05) is 0 Å². The van der Waals surface area contributed by atoms with Gasteiger partial charge in [0.05, 0.1) is 33.0 Å². The third kappa shape index (κ3) is 11.0. The zero-order chi connectivity index (χ0) is 45.9. The van der Waals surface area contributed by atoms with Crippen molar-refractivity contribution in [3.05, 3.63) is 0 Å². The van der Waals surface area contributed by atoms with E-state index in [0.29, 0.717) is 0 Å². The molecule has 5 aliphatic rings. The predicted octanol–water partition coefficient (Wildman–Crippen LogP) is -11.6. The summed E-state index contributed by atoms with van der Waals surface area (Å²) < 4.78 is 50.8. The average molecular weight is 911 g/mol. The van der Waals surface area contributed by atoms with Gasteiger partial charge in [0.1, 0.15) is 122 Å². The van der Waals surface area contributed by atoms with Gasteiger partial charge in [0.15, 0.2) is 31.5 Å². The summed E-state index contributed by atoms with van der Waals surface area (Å²) in [5.41, 5.74) is 0. The van der Waals surface area contributed by atoms with Gasteiger partial charge in [-0.25, -0.2) is 0 Å². The maximum atomic E-state index is 12.4. The standard InChI is InChI=1S/C34H58N2O26/c1-8(41)35-15-20(46)27(12(5-39)55-30(15)53)60-31-16(36-9(2)42)21(47)28(13(6-40)58-31)61-34-26(52)29(62-33-25(51)23(49)18(44)11(4-38)57-33)19(45)14(59-34)7-54-32-24(50)22(48)17(43)10(3-37)56-32/h10-34,37-40,43-53H,3-7H2,1-2H3,(H,35,41)(H,36,42)/t10?,11-,12?,13?,14?,15?,16?,17+,18+,19+,20+,21+,22-,23?,24?,25?,26?,27+,28+,29-,30+,31-,32-,33+,34-/m0/s1. The topological polar surface area (TPSA) is 445 Å². The molecule has 5 rings (SSSR count). The minimum atomic E-state index is -2.18. The highest BCUT2D eigenvalue weighted by molar-refractivity contribution is 5.73. The lowest BCUT2D eigenvalue weighted by Crippen LogP contribution is -2.70. The van der Waals surface area contributed by atoms with Crippen molar-refractivity contribution in [2.75, 3.05) is 33.0 Å². The first-order chi connectivity index (χ1) is 29.3. The summed E-state index contributed by atoms with van der Waals surface area (Å²) in [6.45, 7) is -2.31. The second-order valence-corrected chi connectivity index (χ2v) is 15.5. The minimum Gasteiger partial charge on any atom is -0.394 e. The van der Waals surface area contributed by atoms with Crippen LogP contribution in [0.5, 0.6) is 0 Å². The number of ether oxygens (including phenoxy) is 9. The molecule has 28 nitrogen and oxygen atoms in total. The minimum absolute atomic E-state index is 0.693. The molecule has 0 aromatic carbocycles. The van der Waals surface area contributed by atoms with Crippen LogP contribution in [0.4, 0.5) is 0 Å². The van der Waals surface area contributed by atoms with Crippen molar-refractivity contribution < 1.29 is 129 Å². The quantitative estimate of drug-likeness (QED) is 0.0725. The van der Waals surface area contributed by atoms with E-state index in [1.165, 1.54) is 0 Å². The van der Waals surface area contributed by atoms with Gasteiger partial charge in [-0.15, -0.1) is 0 Å². The van der Waals surface area contributed by atoms with Gasteiger partial charge in [0.25, 0.3) is 0 Å². The first-order valence-corrected chi connectivity index (χ1v) is 19.6. The molecule has 5 aliphatic heterocycles. The molecule has 62 heavy (non-hydrogen) atoms. The summed E-state index contributed by atoms with van der Waals surface area (Å²) in [6, 6.07) is -3.19. The lowest BCUT2D eigenvalue weighted by Gasteiger charge is -2.50. The maximum absolute atomic E-state index is 12.4. The SMILES string of the molecule is CC(=O)NC1[C@H](O[C@@H]2C(CO)O[C@@H](O)C(NC(C)=O)[C@H]2O)OC(CO)[C@@H](O[C@@H]2OC(CO[C@H]3OC(CO)[C@@H](O)[C@H](O)C3O)[C@@H](O)[C@H](O[C@H]3O[C@@H](CO)[C@@H](O)C(O)C3O)C2O)[C@@H]1O. The highest BCUT2D eigenvalue weighted by Gasteiger charge is 2.56. The smallest absolute Gasteiger partial charge is 0.217 e. The van der Waals surface area contributed by atoms with Crippen molar-refractivity contribution >= 4 is 11.8 Å². The van der Waals surface area contributed by atoms with E-state index in [4.69, 9.17) is 42.6 Å². The molecule has 0 bridgehead atoms. The van der Waals surface area contributed by atoms with E-state index in [-0.39, 0.29) is 0 Å². The summed E-state index contributed by atoms with van der Waals surface area (Å²) in [4.78, 5) is 24.2. The van der Waals surface area contributed by atoms with Crippen LogP contribution in [-0.2, 0) is 52.2 Å². The van der Waals surface area contributed by atoms with Crippen molar-refractivity contribution in [2.45, 2.75) is 167 Å². The van der Waals surface area contributed by atoms with Crippen LogP contribution in [0.1, 0.15) is 13.8 Å². The molecule has 25 atom stereocenters. The number of aliphatic hydroxyl groups is 15. The number of hydrogen-bond donors (Lipinski definition) is 17. The molecule has 0 aromatic rings. The van der Waals surface area contributed by atoms with Crippen LogP contribution in [-0.4, -0.2) is 275 Å². The average Bonchev–Trinajstić information content (AvgIpc) is 3.23. The Labute approximate surface area is 351 Å². The molecule has 5 heterocycles. The van der Waals surface area contributed by atoms with Gasteiger partial charge in [0, 0.05) is 13.8 Å². The molecule has 5 fully saturated rings. The number of carbonyl (C=O) groups excluding carboxylic acids is 2. The first-order valence-electron chi connectivity index (χ1n) is 19.6. The molecule has 17 N–H and O–H groups in total. The fourth-order valence-corrected chi connectivity index (χ4v) is 7.73. The highest BCUT2D eigenvalue weighted by atomic mass is 16.8. The second kappa shape index (κ2) is 22.0. The van der Waals surface area contributed by atoms with Crippen LogP contribution >= 0.6 is 0 Å². The summed E-state index contributed by atoms with van der Waals surface area (Å²) in [7, 11) is 0. The Morgan fingerprint density at radius 3 is 1.35 bits per heavy atom. The van der Waals surface area contributed by atoms with Gasteiger partial charge in [0.2, 0.25) is 11.8 Å². The van der Waals surface area contributed by atoms with E-state index in [2.05, 4.69) is 10.6 Å². The zero-order valence-electron chi connectivity index (χ0n) is 33.2. The summed E-state index contributed by atoms with van der Waals surface area (Å²) in [6.07, 6.45) is -42.3. The number of nitrogens with one attached hydrogen (secondary N) is 2. The van der Waals surface area contributed by atoms with Crippen LogP contribution in [0.25, 0.3) is 0 Å². The lowest BCUT2D eigenvalue weighted by molar-refractivity contribution is -0.384. The van der Waals surface area contributed by atoms with E-state index in [9.17, 15) is 86.2 Å². The van der Waals surface area contributed by atoms with Gasteiger partial charge < -0.3 is 130 Å². The Bertz CT molecular complexity index is 1440. The van der Waals surface area contributed by atoms with E-state index in [1.54, 1.807) is 0 Å². The predicted molar refractivity (Wildman–Crippen MR) is 190 cm³/mol. The molecule has 5 saturated heterocycles. The normalized spacial score (nSPS) is 49.0. The fourth-order valence-electron chi connectivity index (χ4n) is 7.73. The van der Waals surface area contributed by atoms with Crippen LogP contribution in [0.2, 0.25) is 0 Å². The molecule has 360 valence electrons. The van der Waals surface area contributed by atoms with E-state index < -0.39 is 198 Å². The molecule has 0 saturated carbocycles. The molecule has 10 unspecified atom stereocenters. The van der Waals surface area contributed by atoms with Crippen LogP contribution in [0, 0.1) is 0 Å². The van der Waals surface area contributed by atoms with Gasteiger partial charge in [-0.3, -0.25) is 9.59 Å². The van der Waals surface area contributed by atoms with Crippen molar-refractivity contribution in [3.8, 4) is 0 Å². The van der Waals surface area contributed by atoms with Gasteiger partial charge in [-0.05, 0) is 0 Å². The van der Waals surface area contributed by atoms with Gasteiger partial charge in [-0.1, -0.05) is 0 Å². The summed E-state index contributed by atoms with van der Waals surface area (Å²) in [5.74, 6) is -1.49. The highest BCUT2D eigenvalue weighted by Crippen LogP contribution is 2.35. The van der Waals surface area contributed by atoms with Crippen molar-refractivity contribution in [1.82, 2.24) is 10.6 Å². The third-order valence-corrected chi connectivity index (χ3v) is 11.1. The van der Waals surface area contributed by atoms with Gasteiger partial charge in [-0.2, -0.15) is 0 Å². The molecule has 2 amide bonds. The summed E-state index contributed by atoms with van der Waals surface area (Å²) >= 11 is 0. The van der Waals surface area contributed by atoms with Crippen LogP contribution < -0.4 is 10.6 Å².